The minimum absolute atomic E-state index is 0.0311. The van der Waals surface area contributed by atoms with Gasteiger partial charge in [-0.15, -0.1) is 0 Å². The fourth-order valence-corrected chi connectivity index (χ4v) is 3.11. The Bertz CT molecular complexity index is 774. The molecule has 1 aromatic heterocycles. The number of nitrogens with zero attached hydrogens (tertiary/aromatic N) is 2. The van der Waals surface area contributed by atoms with Crippen molar-refractivity contribution in [3.63, 3.8) is 0 Å². The van der Waals surface area contributed by atoms with E-state index in [9.17, 15) is 18.0 Å². The highest BCUT2D eigenvalue weighted by Crippen LogP contribution is 2.29. The number of rotatable bonds is 4. The van der Waals surface area contributed by atoms with Gasteiger partial charge in [-0.2, -0.15) is 13.2 Å². The van der Waals surface area contributed by atoms with E-state index in [1.54, 1.807) is 0 Å². The number of alkyl halides is 3. The molecule has 0 radical (unpaired) electrons. The van der Waals surface area contributed by atoms with Crippen LogP contribution in [0.2, 0.25) is 0 Å². The van der Waals surface area contributed by atoms with Crippen molar-refractivity contribution in [3.8, 4) is 0 Å². The van der Waals surface area contributed by atoms with Crippen LogP contribution in [-0.4, -0.2) is 30.0 Å². The van der Waals surface area contributed by atoms with Gasteiger partial charge in [-0.25, -0.2) is 4.98 Å². The molecular weight excluding hydrogens is 343 g/mol. The zero-order valence-corrected chi connectivity index (χ0v) is 14.4. The Hall–Kier alpha value is -2.57. The molecule has 138 valence electrons. The van der Waals surface area contributed by atoms with Crippen molar-refractivity contribution in [2.75, 3.05) is 18.0 Å². The largest absolute Gasteiger partial charge is 0.417 e. The van der Waals surface area contributed by atoms with Crippen LogP contribution in [0.4, 0.5) is 19.0 Å². The van der Waals surface area contributed by atoms with E-state index in [4.69, 9.17) is 0 Å². The number of hydrogen-bond donors (Lipinski definition) is 1. The van der Waals surface area contributed by atoms with E-state index < -0.39 is 11.7 Å². The summed E-state index contributed by atoms with van der Waals surface area (Å²) in [6.07, 6.45) is -2.49. The van der Waals surface area contributed by atoms with E-state index in [2.05, 4.69) is 10.3 Å². The third kappa shape index (κ3) is 4.53. The molecule has 2 aromatic rings. The van der Waals surface area contributed by atoms with Crippen molar-refractivity contribution < 1.29 is 18.0 Å². The SMILES string of the molecule is Cc1cccc(CC(=O)NC2CCN(c3ccc(C(F)(F)F)cn3)C2)c1. The van der Waals surface area contributed by atoms with Crippen molar-refractivity contribution in [1.82, 2.24) is 10.3 Å². The molecular formula is C19H20F3N3O. The first kappa shape index (κ1) is 18.2. The fraction of sp³-hybridized carbons (Fsp3) is 0.368. The summed E-state index contributed by atoms with van der Waals surface area (Å²) in [6, 6.07) is 10.2. The zero-order valence-electron chi connectivity index (χ0n) is 14.4. The summed E-state index contributed by atoms with van der Waals surface area (Å²) in [5.41, 5.74) is 1.31. The Kier molecular flexibility index (Phi) is 5.15. The van der Waals surface area contributed by atoms with Gasteiger partial charge < -0.3 is 10.2 Å². The average Bonchev–Trinajstić information content (AvgIpc) is 3.02. The summed E-state index contributed by atoms with van der Waals surface area (Å²) >= 11 is 0. The zero-order chi connectivity index (χ0) is 18.7. The minimum Gasteiger partial charge on any atom is -0.354 e. The number of nitrogens with one attached hydrogen (secondary N) is 1. The van der Waals surface area contributed by atoms with Crippen molar-refractivity contribution >= 4 is 11.7 Å². The molecule has 1 amide bonds. The number of carbonyl (C=O) groups excluding carboxylic acids is 1. The molecule has 1 fully saturated rings. The van der Waals surface area contributed by atoms with Crippen LogP contribution >= 0.6 is 0 Å². The van der Waals surface area contributed by atoms with Crippen LogP contribution in [0, 0.1) is 6.92 Å². The summed E-state index contributed by atoms with van der Waals surface area (Å²) in [4.78, 5) is 18.0. The van der Waals surface area contributed by atoms with E-state index in [1.165, 1.54) is 6.07 Å². The highest BCUT2D eigenvalue weighted by Gasteiger charge is 2.31. The van der Waals surface area contributed by atoms with E-state index in [0.29, 0.717) is 25.3 Å². The van der Waals surface area contributed by atoms with Gasteiger partial charge in [0, 0.05) is 25.3 Å². The number of anilines is 1. The Morgan fingerprint density at radius 3 is 2.77 bits per heavy atom. The first-order valence-corrected chi connectivity index (χ1v) is 8.44. The summed E-state index contributed by atoms with van der Waals surface area (Å²) in [5.74, 6) is 0.441. The van der Waals surface area contributed by atoms with E-state index in [-0.39, 0.29) is 11.9 Å². The van der Waals surface area contributed by atoms with Gasteiger partial charge in [-0.1, -0.05) is 29.8 Å². The highest BCUT2D eigenvalue weighted by atomic mass is 19.4. The van der Waals surface area contributed by atoms with Crippen LogP contribution in [0.15, 0.2) is 42.6 Å². The predicted molar refractivity (Wildman–Crippen MR) is 92.9 cm³/mol. The number of aryl methyl sites for hydroxylation is 1. The van der Waals surface area contributed by atoms with Gasteiger partial charge in [-0.3, -0.25) is 4.79 Å². The normalized spacial score (nSPS) is 17.4. The fourth-order valence-electron chi connectivity index (χ4n) is 3.11. The topological polar surface area (TPSA) is 45.2 Å². The lowest BCUT2D eigenvalue weighted by Crippen LogP contribution is -2.38. The van der Waals surface area contributed by atoms with Crippen LogP contribution in [0.5, 0.6) is 0 Å². The summed E-state index contributed by atoms with van der Waals surface area (Å²) < 4.78 is 37.8. The van der Waals surface area contributed by atoms with E-state index in [0.717, 1.165) is 29.8 Å². The lowest BCUT2D eigenvalue weighted by atomic mass is 10.1. The van der Waals surface area contributed by atoms with Gasteiger partial charge in [0.15, 0.2) is 0 Å². The number of benzene rings is 1. The second-order valence-electron chi connectivity index (χ2n) is 6.57. The quantitative estimate of drug-likeness (QED) is 0.906. The molecule has 1 unspecified atom stereocenters. The minimum atomic E-state index is -4.39. The first-order valence-electron chi connectivity index (χ1n) is 8.44. The van der Waals surface area contributed by atoms with Gasteiger partial charge >= 0.3 is 6.18 Å². The molecule has 3 rings (SSSR count). The van der Waals surface area contributed by atoms with Gasteiger partial charge in [-0.05, 0) is 31.0 Å². The number of carbonyl (C=O) groups is 1. The van der Waals surface area contributed by atoms with Crippen LogP contribution in [0.1, 0.15) is 23.1 Å². The van der Waals surface area contributed by atoms with Crippen LogP contribution in [-0.2, 0) is 17.4 Å². The number of amides is 1. The molecule has 1 aliphatic heterocycles. The third-order valence-electron chi connectivity index (χ3n) is 4.40. The molecule has 1 aromatic carbocycles. The van der Waals surface area contributed by atoms with Gasteiger partial charge in [0.25, 0.3) is 0 Å². The Labute approximate surface area is 150 Å². The Balaban J connectivity index is 1.54. The molecule has 1 saturated heterocycles. The van der Waals surface area contributed by atoms with Crippen molar-refractivity contribution in [2.45, 2.75) is 32.0 Å². The molecule has 2 heterocycles. The number of aromatic nitrogens is 1. The molecule has 0 saturated carbocycles. The van der Waals surface area contributed by atoms with Gasteiger partial charge in [0.1, 0.15) is 5.82 Å². The van der Waals surface area contributed by atoms with Crippen molar-refractivity contribution in [1.29, 1.82) is 0 Å². The van der Waals surface area contributed by atoms with Crippen molar-refractivity contribution in [2.24, 2.45) is 0 Å². The second kappa shape index (κ2) is 7.35. The van der Waals surface area contributed by atoms with Crippen LogP contribution in [0.3, 0.4) is 0 Å². The first-order chi connectivity index (χ1) is 12.3. The smallest absolute Gasteiger partial charge is 0.354 e. The van der Waals surface area contributed by atoms with Gasteiger partial charge in [0.05, 0.1) is 12.0 Å². The number of pyridine rings is 1. The molecule has 1 atom stereocenters. The maximum absolute atomic E-state index is 12.6. The number of hydrogen-bond acceptors (Lipinski definition) is 3. The molecule has 0 aliphatic carbocycles. The summed E-state index contributed by atoms with van der Waals surface area (Å²) in [6.45, 7) is 3.17. The summed E-state index contributed by atoms with van der Waals surface area (Å²) in [5, 5.41) is 2.99. The number of halogens is 3. The third-order valence-corrected chi connectivity index (χ3v) is 4.40. The Morgan fingerprint density at radius 2 is 2.12 bits per heavy atom. The molecule has 4 nitrogen and oxygen atoms in total. The van der Waals surface area contributed by atoms with E-state index in [1.807, 2.05) is 36.1 Å². The molecule has 1 aliphatic rings. The summed E-state index contributed by atoms with van der Waals surface area (Å²) in [7, 11) is 0. The monoisotopic (exact) mass is 363 g/mol. The van der Waals surface area contributed by atoms with Crippen LogP contribution < -0.4 is 10.2 Å². The van der Waals surface area contributed by atoms with Crippen molar-refractivity contribution in [3.05, 3.63) is 59.3 Å². The van der Waals surface area contributed by atoms with E-state index >= 15 is 0 Å². The maximum atomic E-state index is 12.6. The lowest BCUT2D eigenvalue weighted by Gasteiger charge is -2.18. The standard InChI is InChI=1S/C19H20F3N3O/c1-13-3-2-4-14(9-13)10-18(26)24-16-7-8-25(12-16)17-6-5-15(11-23-17)19(20,21)22/h2-6,9,11,16H,7-8,10,12H2,1H3,(H,24,26). The second-order valence-corrected chi connectivity index (χ2v) is 6.57. The lowest BCUT2D eigenvalue weighted by molar-refractivity contribution is -0.137. The van der Waals surface area contributed by atoms with Crippen LogP contribution in [0.25, 0.3) is 0 Å². The molecule has 1 N–H and O–H groups in total. The maximum Gasteiger partial charge on any atom is 0.417 e. The molecule has 0 bridgehead atoms. The predicted octanol–water partition coefficient (Wildman–Crippen LogP) is 3.35. The molecule has 0 spiro atoms. The highest BCUT2D eigenvalue weighted by molar-refractivity contribution is 5.79. The molecule has 7 heteroatoms. The Morgan fingerprint density at radius 1 is 1.31 bits per heavy atom. The van der Waals surface area contributed by atoms with Gasteiger partial charge in [0.2, 0.25) is 5.91 Å². The molecule has 26 heavy (non-hydrogen) atoms. The average molecular weight is 363 g/mol.